The van der Waals surface area contributed by atoms with Gasteiger partial charge in [-0.25, -0.2) is 0 Å². The van der Waals surface area contributed by atoms with E-state index in [0.717, 1.165) is 17.9 Å². The molecule has 1 fully saturated rings. The van der Waals surface area contributed by atoms with Crippen LogP contribution in [-0.2, 0) is 0 Å². The van der Waals surface area contributed by atoms with Crippen LogP contribution in [0, 0.1) is 11.8 Å². The Morgan fingerprint density at radius 2 is 2.00 bits per heavy atom. The average molecular weight is 197 g/mol. The first-order valence-electron chi connectivity index (χ1n) is 6.43. The fourth-order valence-electron chi connectivity index (χ4n) is 2.69. The van der Waals surface area contributed by atoms with Gasteiger partial charge in [0.05, 0.1) is 0 Å². The second kappa shape index (κ2) is 6.44. The molecule has 0 bridgehead atoms. The molecule has 3 unspecified atom stereocenters. The summed E-state index contributed by atoms with van der Waals surface area (Å²) in [4.78, 5) is 0. The first-order valence-corrected chi connectivity index (χ1v) is 6.43. The van der Waals surface area contributed by atoms with Crippen molar-refractivity contribution in [2.75, 3.05) is 7.05 Å². The number of nitrogens with one attached hydrogen (secondary N) is 1. The second-order valence-electron chi connectivity index (χ2n) is 5.11. The third-order valence-electron chi connectivity index (χ3n) is 3.90. The van der Waals surface area contributed by atoms with Crippen LogP contribution in [-0.4, -0.2) is 13.1 Å². The zero-order chi connectivity index (χ0) is 10.4. The summed E-state index contributed by atoms with van der Waals surface area (Å²) in [5, 5.41) is 3.43. The van der Waals surface area contributed by atoms with Gasteiger partial charge in [-0.2, -0.15) is 0 Å². The topological polar surface area (TPSA) is 12.0 Å². The Kier molecular flexibility index (Phi) is 5.54. The van der Waals surface area contributed by atoms with E-state index in [-0.39, 0.29) is 0 Å². The average Bonchev–Trinajstić information content (AvgIpc) is 2.40. The largest absolute Gasteiger partial charge is 0.317 e. The Balaban J connectivity index is 2.29. The maximum atomic E-state index is 3.43. The minimum atomic E-state index is 0.758. The van der Waals surface area contributed by atoms with Gasteiger partial charge in [0, 0.05) is 6.04 Å². The summed E-state index contributed by atoms with van der Waals surface area (Å²) in [5.41, 5.74) is 0. The monoisotopic (exact) mass is 197 g/mol. The molecule has 1 rings (SSSR count). The highest BCUT2D eigenvalue weighted by Crippen LogP contribution is 2.29. The maximum absolute atomic E-state index is 3.43. The highest BCUT2D eigenvalue weighted by molar-refractivity contribution is 4.73. The molecule has 0 saturated heterocycles. The van der Waals surface area contributed by atoms with Gasteiger partial charge < -0.3 is 5.32 Å². The number of hydrogen-bond acceptors (Lipinski definition) is 1. The van der Waals surface area contributed by atoms with Crippen molar-refractivity contribution in [2.24, 2.45) is 11.8 Å². The van der Waals surface area contributed by atoms with Crippen LogP contribution in [0.4, 0.5) is 0 Å². The molecule has 1 nitrogen and oxygen atoms in total. The third kappa shape index (κ3) is 4.00. The molecule has 14 heavy (non-hydrogen) atoms. The molecule has 0 aliphatic heterocycles. The summed E-state index contributed by atoms with van der Waals surface area (Å²) < 4.78 is 0. The Bertz CT molecular complexity index is 140. The van der Waals surface area contributed by atoms with Crippen LogP contribution in [0.5, 0.6) is 0 Å². The Morgan fingerprint density at radius 1 is 1.21 bits per heavy atom. The van der Waals surface area contributed by atoms with Gasteiger partial charge in [-0.05, 0) is 31.7 Å². The molecular formula is C13H27N. The summed E-state index contributed by atoms with van der Waals surface area (Å²) in [7, 11) is 2.10. The van der Waals surface area contributed by atoms with Gasteiger partial charge in [0.2, 0.25) is 0 Å². The van der Waals surface area contributed by atoms with Crippen LogP contribution in [0.1, 0.15) is 58.8 Å². The zero-order valence-electron chi connectivity index (χ0n) is 10.2. The lowest BCUT2D eigenvalue weighted by atomic mass is 9.91. The van der Waals surface area contributed by atoms with E-state index >= 15 is 0 Å². The van der Waals surface area contributed by atoms with E-state index in [1.807, 2.05) is 0 Å². The van der Waals surface area contributed by atoms with Gasteiger partial charge in [-0.3, -0.25) is 0 Å². The van der Waals surface area contributed by atoms with Crippen molar-refractivity contribution in [3.05, 3.63) is 0 Å². The van der Waals surface area contributed by atoms with Crippen molar-refractivity contribution in [1.82, 2.24) is 5.32 Å². The molecule has 84 valence electrons. The van der Waals surface area contributed by atoms with Gasteiger partial charge in [-0.1, -0.05) is 46.0 Å². The van der Waals surface area contributed by atoms with Crippen LogP contribution in [0.2, 0.25) is 0 Å². The highest BCUT2D eigenvalue weighted by atomic mass is 14.9. The van der Waals surface area contributed by atoms with Crippen molar-refractivity contribution >= 4 is 0 Å². The molecular weight excluding hydrogens is 170 g/mol. The van der Waals surface area contributed by atoms with Gasteiger partial charge in [-0.15, -0.1) is 0 Å². The van der Waals surface area contributed by atoms with E-state index in [1.54, 1.807) is 0 Å². The minimum Gasteiger partial charge on any atom is -0.317 e. The molecule has 0 spiro atoms. The summed E-state index contributed by atoms with van der Waals surface area (Å²) in [6, 6.07) is 0.758. The summed E-state index contributed by atoms with van der Waals surface area (Å²) in [6.07, 6.45) is 10.0. The highest BCUT2D eigenvalue weighted by Gasteiger charge is 2.18. The predicted octanol–water partition coefficient (Wildman–Crippen LogP) is 3.59. The van der Waals surface area contributed by atoms with E-state index in [0.29, 0.717) is 0 Å². The fraction of sp³-hybridized carbons (Fsp3) is 1.00. The fourth-order valence-corrected chi connectivity index (χ4v) is 2.69. The van der Waals surface area contributed by atoms with Crippen LogP contribution in [0.15, 0.2) is 0 Å². The van der Waals surface area contributed by atoms with Crippen molar-refractivity contribution in [1.29, 1.82) is 0 Å². The summed E-state index contributed by atoms with van der Waals surface area (Å²) in [5.74, 6) is 1.98. The first kappa shape index (κ1) is 12.0. The van der Waals surface area contributed by atoms with E-state index in [1.165, 1.54) is 44.9 Å². The molecule has 3 atom stereocenters. The molecule has 0 aromatic carbocycles. The molecule has 1 aliphatic carbocycles. The van der Waals surface area contributed by atoms with Crippen molar-refractivity contribution in [3.63, 3.8) is 0 Å². The number of rotatable bonds is 4. The quantitative estimate of drug-likeness (QED) is 0.679. The summed E-state index contributed by atoms with van der Waals surface area (Å²) in [6.45, 7) is 4.71. The van der Waals surface area contributed by atoms with Crippen molar-refractivity contribution in [2.45, 2.75) is 64.8 Å². The molecule has 0 radical (unpaired) electrons. The third-order valence-corrected chi connectivity index (χ3v) is 3.90. The van der Waals surface area contributed by atoms with E-state index in [2.05, 4.69) is 26.2 Å². The Hall–Kier alpha value is -0.0400. The molecule has 0 aromatic rings. The van der Waals surface area contributed by atoms with E-state index in [4.69, 9.17) is 0 Å². The van der Waals surface area contributed by atoms with Crippen molar-refractivity contribution < 1.29 is 0 Å². The molecule has 1 heteroatoms. The molecule has 1 aliphatic rings. The second-order valence-corrected chi connectivity index (χ2v) is 5.11. The lowest BCUT2D eigenvalue weighted by molar-refractivity contribution is 0.353. The predicted molar refractivity (Wildman–Crippen MR) is 63.5 cm³/mol. The smallest absolute Gasteiger partial charge is 0.00640 e. The minimum absolute atomic E-state index is 0.758. The van der Waals surface area contributed by atoms with Crippen LogP contribution >= 0.6 is 0 Å². The van der Waals surface area contributed by atoms with Gasteiger partial charge in [0.1, 0.15) is 0 Å². The van der Waals surface area contributed by atoms with Gasteiger partial charge in [0.25, 0.3) is 0 Å². The normalized spacial score (nSPS) is 31.1. The van der Waals surface area contributed by atoms with Gasteiger partial charge >= 0.3 is 0 Å². The molecule has 1 saturated carbocycles. The lowest BCUT2D eigenvalue weighted by Crippen LogP contribution is -2.26. The summed E-state index contributed by atoms with van der Waals surface area (Å²) >= 11 is 0. The van der Waals surface area contributed by atoms with Gasteiger partial charge in [0.15, 0.2) is 0 Å². The van der Waals surface area contributed by atoms with Crippen LogP contribution in [0.3, 0.4) is 0 Å². The molecule has 0 amide bonds. The maximum Gasteiger partial charge on any atom is 0.00640 e. The standard InChI is InChI=1S/C13H27N/c1-4-13(14-3)10-12-7-5-6-11(2)8-9-12/h11-14H,4-10H2,1-3H3. The molecule has 0 heterocycles. The van der Waals surface area contributed by atoms with E-state index < -0.39 is 0 Å². The van der Waals surface area contributed by atoms with Crippen molar-refractivity contribution in [3.8, 4) is 0 Å². The first-order chi connectivity index (χ1) is 6.76. The molecule has 1 N–H and O–H groups in total. The van der Waals surface area contributed by atoms with E-state index in [9.17, 15) is 0 Å². The zero-order valence-corrected chi connectivity index (χ0v) is 10.2. The number of hydrogen-bond donors (Lipinski definition) is 1. The van der Waals surface area contributed by atoms with Crippen LogP contribution < -0.4 is 5.32 Å². The SMILES string of the molecule is CCC(CC1CCCC(C)CC1)NC. The Morgan fingerprint density at radius 3 is 2.64 bits per heavy atom. The lowest BCUT2D eigenvalue weighted by Gasteiger charge is -2.21. The van der Waals surface area contributed by atoms with Crippen LogP contribution in [0.25, 0.3) is 0 Å². The molecule has 0 aromatic heterocycles. The Labute approximate surface area is 89.7 Å².